The van der Waals surface area contributed by atoms with Crippen molar-refractivity contribution in [1.82, 2.24) is 0 Å². The lowest BCUT2D eigenvalue weighted by Gasteiger charge is -2.26. The Morgan fingerprint density at radius 2 is 1.12 bits per heavy atom. The maximum atomic E-state index is 10.7. The maximum absolute atomic E-state index is 10.7. The second kappa shape index (κ2) is 7.29. The Labute approximate surface area is 146 Å². The van der Waals surface area contributed by atoms with Crippen molar-refractivity contribution in [1.29, 1.82) is 0 Å². The minimum Gasteiger partial charge on any atom is -0.507 e. The summed E-state index contributed by atoms with van der Waals surface area (Å²) >= 11 is 0. The van der Waals surface area contributed by atoms with Gasteiger partial charge in [0.15, 0.2) is 0 Å². The standard InChI is InChI=1S/C22H30O2/c1-7-16-9-14(5)21(23)18(11-16)20(13(3)4)19-12-17(8-2)10-15(6)22(19)24/h9-13,20,23-24H,7-8H2,1-6H3. The van der Waals surface area contributed by atoms with Gasteiger partial charge in [-0.3, -0.25) is 0 Å². The largest absolute Gasteiger partial charge is 0.507 e. The summed E-state index contributed by atoms with van der Waals surface area (Å²) in [4.78, 5) is 0. The first-order valence-electron chi connectivity index (χ1n) is 8.94. The van der Waals surface area contributed by atoms with Crippen molar-refractivity contribution >= 4 is 0 Å². The van der Waals surface area contributed by atoms with Crippen molar-refractivity contribution in [2.45, 2.75) is 60.3 Å². The van der Waals surface area contributed by atoms with Crippen molar-refractivity contribution in [3.63, 3.8) is 0 Å². The molecule has 2 rings (SSSR count). The number of aryl methyl sites for hydroxylation is 4. The second-order valence-electron chi connectivity index (χ2n) is 7.13. The van der Waals surface area contributed by atoms with Crippen molar-refractivity contribution in [3.05, 3.63) is 57.6 Å². The molecule has 0 saturated heterocycles. The molecule has 0 spiro atoms. The van der Waals surface area contributed by atoms with Crippen molar-refractivity contribution in [3.8, 4) is 11.5 Å². The quantitative estimate of drug-likeness (QED) is 0.748. The van der Waals surface area contributed by atoms with E-state index in [4.69, 9.17) is 0 Å². The summed E-state index contributed by atoms with van der Waals surface area (Å²) in [6.45, 7) is 12.4. The molecule has 2 aromatic rings. The van der Waals surface area contributed by atoms with Gasteiger partial charge in [-0.15, -0.1) is 0 Å². The van der Waals surface area contributed by atoms with E-state index in [1.807, 2.05) is 26.0 Å². The fourth-order valence-corrected chi connectivity index (χ4v) is 3.54. The Balaban J connectivity index is 2.73. The first-order valence-corrected chi connectivity index (χ1v) is 8.94. The Hall–Kier alpha value is -1.96. The Bertz CT molecular complexity index is 670. The number of rotatable bonds is 5. The van der Waals surface area contributed by atoms with E-state index < -0.39 is 0 Å². The van der Waals surface area contributed by atoms with Crippen LogP contribution in [-0.4, -0.2) is 10.2 Å². The number of aromatic hydroxyl groups is 2. The third kappa shape index (κ3) is 3.43. The van der Waals surface area contributed by atoms with Gasteiger partial charge in [0, 0.05) is 17.0 Å². The highest BCUT2D eigenvalue weighted by Crippen LogP contribution is 2.43. The van der Waals surface area contributed by atoms with Crippen LogP contribution >= 0.6 is 0 Å². The van der Waals surface area contributed by atoms with Crippen LogP contribution in [0.15, 0.2) is 24.3 Å². The number of benzene rings is 2. The van der Waals surface area contributed by atoms with E-state index >= 15 is 0 Å². The first kappa shape index (κ1) is 18.4. The molecule has 0 aliphatic heterocycles. The molecule has 2 nitrogen and oxygen atoms in total. The molecule has 0 bridgehead atoms. The van der Waals surface area contributed by atoms with E-state index in [9.17, 15) is 10.2 Å². The van der Waals surface area contributed by atoms with E-state index in [1.165, 1.54) is 11.1 Å². The molecule has 0 aliphatic rings. The maximum Gasteiger partial charge on any atom is 0.122 e. The molecule has 2 aromatic carbocycles. The smallest absolute Gasteiger partial charge is 0.122 e. The molecule has 0 fully saturated rings. The molecule has 0 heterocycles. The molecule has 0 aromatic heterocycles. The summed E-state index contributed by atoms with van der Waals surface area (Å²) in [6, 6.07) is 8.29. The number of hydrogen-bond acceptors (Lipinski definition) is 2. The van der Waals surface area contributed by atoms with Gasteiger partial charge in [-0.05, 0) is 54.9 Å². The van der Waals surface area contributed by atoms with Crippen LogP contribution in [-0.2, 0) is 12.8 Å². The van der Waals surface area contributed by atoms with Gasteiger partial charge in [0.1, 0.15) is 11.5 Å². The molecule has 0 amide bonds. The summed E-state index contributed by atoms with van der Waals surface area (Å²) in [6.07, 6.45) is 1.86. The number of phenols is 2. The zero-order chi connectivity index (χ0) is 18.0. The van der Waals surface area contributed by atoms with Gasteiger partial charge in [0.25, 0.3) is 0 Å². The van der Waals surface area contributed by atoms with Crippen LogP contribution in [0.3, 0.4) is 0 Å². The van der Waals surface area contributed by atoms with Crippen LogP contribution in [0.5, 0.6) is 11.5 Å². The lowest BCUT2D eigenvalue weighted by Crippen LogP contribution is -2.11. The Morgan fingerprint density at radius 1 is 0.750 bits per heavy atom. The topological polar surface area (TPSA) is 40.5 Å². The summed E-state index contributed by atoms with van der Waals surface area (Å²) in [7, 11) is 0. The summed E-state index contributed by atoms with van der Waals surface area (Å²) in [5.74, 6) is 0.940. The van der Waals surface area contributed by atoms with Gasteiger partial charge in [0.2, 0.25) is 0 Å². The van der Waals surface area contributed by atoms with Gasteiger partial charge in [-0.1, -0.05) is 52.0 Å². The number of hydrogen-bond donors (Lipinski definition) is 2. The van der Waals surface area contributed by atoms with Crippen LogP contribution in [0.1, 0.15) is 67.0 Å². The Kier molecular flexibility index (Phi) is 5.58. The first-order chi connectivity index (χ1) is 11.3. The molecule has 2 N–H and O–H groups in total. The van der Waals surface area contributed by atoms with Crippen LogP contribution in [0.4, 0.5) is 0 Å². The van der Waals surface area contributed by atoms with Crippen LogP contribution in [0.2, 0.25) is 0 Å². The zero-order valence-corrected chi connectivity index (χ0v) is 15.8. The fourth-order valence-electron chi connectivity index (χ4n) is 3.54. The minimum absolute atomic E-state index is 0.0274. The predicted molar refractivity (Wildman–Crippen MR) is 101 cm³/mol. The molecule has 0 saturated carbocycles. The second-order valence-corrected chi connectivity index (χ2v) is 7.13. The molecule has 0 aliphatic carbocycles. The normalized spacial score (nSPS) is 11.5. The summed E-state index contributed by atoms with van der Waals surface area (Å²) < 4.78 is 0. The van der Waals surface area contributed by atoms with Gasteiger partial charge in [-0.25, -0.2) is 0 Å². The zero-order valence-electron chi connectivity index (χ0n) is 15.8. The molecular formula is C22H30O2. The highest BCUT2D eigenvalue weighted by molar-refractivity contribution is 5.53. The molecule has 0 atom stereocenters. The lowest BCUT2D eigenvalue weighted by molar-refractivity contribution is 0.431. The van der Waals surface area contributed by atoms with Gasteiger partial charge < -0.3 is 10.2 Å². The molecule has 0 unspecified atom stereocenters. The van der Waals surface area contributed by atoms with E-state index in [2.05, 4.69) is 39.8 Å². The monoisotopic (exact) mass is 326 g/mol. The third-order valence-corrected chi connectivity index (χ3v) is 4.93. The summed E-state index contributed by atoms with van der Waals surface area (Å²) in [5.41, 5.74) is 6.08. The minimum atomic E-state index is -0.0274. The average Bonchev–Trinajstić information content (AvgIpc) is 2.54. The lowest BCUT2D eigenvalue weighted by atomic mass is 9.79. The SMILES string of the molecule is CCc1cc(C)c(O)c(C(c2cc(CC)cc(C)c2O)C(C)C)c1. The third-order valence-electron chi connectivity index (χ3n) is 4.93. The fraction of sp³-hybridized carbons (Fsp3) is 0.455. The van der Waals surface area contributed by atoms with E-state index in [0.717, 1.165) is 35.1 Å². The molecule has 2 heteroatoms. The highest BCUT2D eigenvalue weighted by Gasteiger charge is 2.26. The number of phenolic OH excluding ortho intramolecular Hbond substituents is 2. The highest BCUT2D eigenvalue weighted by atomic mass is 16.3. The molecular weight excluding hydrogens is 296 g/mol. The molecule has 130 valence electrons. The van der Waals surface area contributed by atoms with Crippen molar-refractivity contribution in [2.24, 2.45) is 5.92 Å². The van der Waals surface area contributed by atoms with Crippen LogP contribution in [0.25, 0.3) is 0 Å². The predicted octanol–water partition coefficient (Wildman–Crippen LogP) is 5.63. The van der Waals surface area contributed by atoms with Crippen LogP contribution < -0.4 is 0 Å². The van der Waals surface area contributed by atoms with Crippen molar-refractivity contribution in [2.75, 3.05) is 0 Å². The van der Waals surface area contributed by atoms with E-state index in [0.29, 0.717) is 11.5 Å². The van der Waals surface area contributed by atoms with Crippen molar-refractivity contribution < 1.29 is 10.2 Å². The molecule has 24 heavy (non-hydrogen) atoms. The average molecular weight is 326 g/mol. The van der Waals surface area contributed by atoms with E-state index in [1.54, 1.807) is 0 Å². The summed E-state index contributed by atoms with van der Waals surface area (Å²) in [5, 5.41) is 21.4. The van der Waals surface area contributed by atoms with Gasteiger partial charge >= 0.3 is 0 Å². The van der Waals surface area contributed by atoms with E-state index in [-0.39, 0.29) is 11.8 Å². The molecule has 0 radical (unpaired) electrons. The van der Waals surface area contributed by atoms with Crippen LogP contribution in [0, 0.1) is 19.8 Å². The van der Waals surface area contributed by atoms with Gasteiger partial charge in [0.05, 0.1) is 0 Å². The van der Waals surface area contributed by atoms with Gasteiger partial charge in [-0.2, -0.15) is 0 Å². The Morgan fingerprint density at radius 3 is 1.42 bits per heavy atom.